The molecule has 0 aromatic heterocycles. The summed E-state index contributed by atoms with van der Waals surface area (Å²) in [5, 5.41) is 0.587. The van der Waals surface area contributed by atoms with Crippen LogP contribution in [-0.4, -0.2) is 60.1 Å². The van der Waals surface area contributed by atoms with Gasteiger partial charge in [-0.1, -0.05) is 0 Å². The number of fused-ring (bicyclic) bond motifs is 2. The number of hydrogen-bond donors (Lipinski definition) is 2. The van der Waals surface area contributed by atoms with Crippen LogP contribution in [-0.2, 0) is 24.3 Å². The number of nitrogens with one attached hydrogen (secondary N) is 1. The first-order valence-corrected chi connectivity index (χ1v) is 7.38. The summed E-state index contributed by atoms with van der Waals surface area (Å²) in [6.45, 7) is 2.13. The standard InChI is InChI=1S/C9H15N3O7S/c1-2-18-10-8(13)7-4-3-6-5-11(7)9(14)12(6)19-20(15,16)17/h6-7H,2-5H2,1H3,(H,10,13)(H,15,16,17)/t6-,7+/m1/s1. The van der Waals surface area contributed by atoms with Crippen molar-refractivity contribution in [3.63, 3.8) is 0 Å². The van der Waals surface area contributed by atoms with Crippen LogP contribution in [0.1, 0.15) is 19.8 Å². The quantitative estimate of drug-likeness (QED) is 0.495. The van der Waals surface area contributed by atoms with E-state index in [1.165, 1.54) is 4.90 Å². The predicted molar refractivity (Wildman–Crippen MR) is 63.2 cm³/mol. The smallest absolute Gasteiger partial charge is 0.309 e. The third kappa shape index (κ3) is 3.00. The van der Waals surface area contributed by atoms with Gasteiger partial charge in [0.05, 0.1) is 12.6 Å². The Morgan fingerprint density at radius 1 is 1.50 bits per heavy atom. The van der Waals surface area contributed by atoms with Gasteiger partial charge in [0.1, 0.15) is 6.04 Å². The number of piperidine rings is 1. The van der Waals surface area contributed by atoms with Gasteiger partial charge >= 0.3 is 16.4 Å². The van der Waals surface area contributed by atoms with Crippen LogP contribution in [0.15, 0.2) is 0 Å². The van der Waals surface area contributed by atoms with Crippen molar-refractivity contribution in [2.75, 3.05) is 13.2 Å². The van der Waals surface area contributed by atoms with Crippen LogP contribution in [0.4, 0.5) is 4.79 Å². The molecule has 11 heteroatoms. The monoisotopic (exact) mass is 309 g/mol. The normalized spacial score (nSPS) is 26.0. The Morgan fingerprint density at radius 3 is 2.80 bits per heavy atom. The van der Waals surface area contributed by atoms with Gasteiger partial charge in [-0.05, 0) is 19.8 Å². The average Bonchev–Trinajstić information content (AvgIpc) is 2.60. The largest absolute Gasteiger partial charge is 0.418 e. The Kier molecular flexibility index (Phi) is 4.13. The third-order valence-corrected chi connectivity index (χ3v) is 3.47. The number of nitrogens with zero attached hydrogens (tertiary/aromatic N) is 2. The van der Waals surface area contributed by atoms with Gasteiger partial charge in [0.15, 0.2) is 0 Å². The lowest BCUT2D eigenvalue weighted by molar-refractivity contribution is -0.138. The number of carbonyl (C=O) groups is 2. The van der Waals surface area contributed by atoms with E-state index >= 15 is 0 Å². The average molecular weight is 309 g/mol. The molecule has 10 nitrogen and oxygen atoms in total. The number of urea groups is 1. The summed E-state index contributed by atoms with van der Waals surface area (Å²) in [7, 11) is -4.78. The molecule has 2 aliphatic heterocycles. The minimum absolute atomic E-state index is 0.151. The maximum Gasteiger partial charge on any atom is 0.418 e. The fraction of sp³-hybridized carbons (Fsp3) is 0.778. The molecule has 0 unspecified atom stereocenters. The van der Waals surface area contributed by atoms with Gasteiger partial charge in [-0.3, -0.25) is 14.2 Å². The Bertz CT molecular complexity index is 508. The summed E-state index contributed by atoms with van der Waals surface area (Å²) < 4.78 is 34.3. The number of rotatable bonds is 5. The third-order valence-electron chi connectivity index (χ3n) is 3.12. The minimum atomic E-state index is -4.78. The Hall–Kier alpha value is -1.43. The van der Waals surface area contributed by atoms with Crippen LogP contribution < -0.4 is 5.48 Å². The second-order valence-corrected chi connectivity index (χ2v) is 5.41. The summed E-state index contributed by atoms with van der Waals surface area (Å²) >= 11 is 0. The van der Waals surface area contributed by atoms with E-state index < -0.39 is 34.4 Å². The molecule has 2 heterocycles. The summed E-state index contributed by atoms with van der Waals surface area (Å²) in [6.07, 6.45) is 0.725. The van der Waals surface area contributed by atoms with E-state index in [2.05, 4.69) is 9.76 Å². The van der Waals surface area contributed by atoms with E-state index in [1.54, 1.807) is 6.92 Å². The highest BCUT2D eigenvalue weighted by atomic mass is 32.3. The van der Waals surface area contributed by atoms with Crippen molar-refractivity contribution >= 4 is 22.3 Å². The molecular weight excluding hydrogens is 294 g/mol. The van der Waals surface area contributed by atoms with Gasteiger partial charge in [0.2, 0.25) is 0 Å². The topological polar surface area (TPSA) is 125 Å². The van der Waals surface area contributed by atoms with E-state index in [0.717, 1.165) is 0 Å². The molecule has 2 N–H and O–H groups in total. The van der Waals surface area contributed by atoms with Crippen molar-refractivity contribution in [1.29, 1.82) is 0 Å². The van der Waals surface area contributed by atoms with E-state index in [4.69, 9.17) is 9.39 Å². The van der Waals surface area contributed by atoms with Gasteiger partial charge in [0, 0.05) is 6.54 Å². The van der Waals surface area contributed by atoms with Gasteiger partial charge in [-0.25, -0.2) is 10.3 Å². The lowest BCUT2D eigenvalue weighted by atomic mass is 10.0. The minimum Gasteiger partial charge on any atom is -0.309 e. The Balaban J connectivity index is 2.07. The number of hydroxylamine groups is 3. The molecule has 2 saturated heterocycles. The summed E-state index contributed by atoms with van der Waals surface area (Å²) in [5.41, 5.74) is 2.21. The van der Waals surface area contributed by atoms with E-state index in [9.17, 15) is 18.0 Å². The molecule has 0 aromatic rings. The fourth-order valence-electron chi connectivity index (χ4n) is 2.32. The molecule has 2 atom stereocenters. The molecule has 3 amide bonds. The summed E-state index contributed by atoms with van der Waals surface area (Å²) in [6, 6.07) is -2.04. The van der Waals surface area contributed by atoms with Crippen molar-refractivity contribution in [3.05, 3.63) is 0 Å². The zero-order valence-electron chi connectivity index (χ0n) is 10.7. The molecular formula is C9H15N3O7S. The molecule has 2 aliphatic rings. The molecule has 0 radical (unpaired) electrons. The van der Waals surface area contributed by atoms with Crippen molar-refractivity contribution in [1.82, 2.24) is 15.4 Å². The molecule has 20 heavy (non-hydrogen) atoms. The van der Waals surface area contributed by atoms with Crippen molar-refractivity contribution in [3.8, 4) is 0 Å². The van der Waals surface area contributed by atoms with Crippen molar-refractivity contribution in [2.24, 2.45) is 0 Å². The second kappa shape index (κ2) is 5.52. The molecule has 2 fully saturated rings. The maximum absolute atomic E-state index is 12.0. The zero-order valence-corrected chi connectivity index (χ0v) is 11.5. The van der Waals surface area contributed by atoms with Crippen LogP contribution in [0, 0.1) is 0 Å². The molecule has 2 rings (SSSR count). The van der Waals surface area contributed by atoms with Gasteiger partial charge in [-0.2, -0.15) is 13.5 Å². The number of amides is 3. The van der Waals surface area contributed by atoms with Crippen LogP contribution in [0.3, 0.4) is 0 Å². The lowest BCUT2D eigenvalue weighted by Crippen LogP contribution is -2.49. The highest BCUT2D eigenvalue weighted by molar-refractivity contribution is 7.80. The predicted octanol–water partition coefficient (Wildman–Crippen LogP) is -0.943. The highest BCUT2D eigenvalue weighted by Crippen LogP contribution is 2.30. The van der Waals surface area contributed by atoms with E-state index in [0.29, 0.717) is 17.9 Å². The Labute approximate surface area is 115 Å². The van der Waals surface area contributed by atoms with Crippen molar-refractivity contribution in [2.45, 2.75) is 31.8 Å². The maximum atomic E-state index is 12.0. The molecule has 0 saturated carbocycles. The van der Waals surface area contributed by atoms with Crippen LogP contribution in [0.5, 0.6) is 0 Å². The van der Waals surface area contributed by atoms with Crippen LogP contribution in [0.25, 0.3) is 0 Å². The van der Waals surface area contributed by atoms with Crippen molar-refractivity contribution < 1.29 is 31.7 Å². The van der Waals surface area contributed by atoms with E-state index in [-0.39, 0.29) is 13.2 Å². The fourth-order valence-corrected chi connectivity index (χ4v) is 2.70. The summed E-state index contributed by atoms with van der Waals surface area (Å²) in [4.78, 5) is 29.8. The highest BCUT2D eigenvalue weighted by Gasteiger charge is 2.49. The first-order chi connectivity index (χ1) is 9.33. The Morgan fingerprint density at radius 2 is 2.20 bits per heavy atom. The first-order valence-electron chi connectivity index (χ1n) is 6.02. The van der Waals surface area contributed by atoms with Gasteiger partial charge in [0.25, 0.3) is 5.91 Å². The summed E-state index contributed by atoms with van der Waals surface area (Å²) in [5.74, 6) is -0.479. The molecule has 2 bridgehead atoms. The number of hydrogen-bond acceptors (Lipinski definition) is 6. The molecule has 0 aromatic carbocycles. The lowest BCUT2D eigenvalue weighted by Gasteiger charge is -2.28. The molecule has 0 spiro atoms. The van der Waals surface area contributed by atoms with Crippen LogP contribution >= 0.6 is 0 Å². The molecule has 0 aliphatic carbocycles. The molecule has 114 valence electrons. The first kappa shape index (κ1) is 15.0. The van der Waals surface area contributed by atoms with Gasteiger partial charge < -0.3 is 4.90 Å². The zero-order chi connectivity index (χ0) is 14.9. The second-order valence-electron chi connectivity index (χ2n) is 4.41. The van der Waals surface area contributed by atoms with E-state index in [1.807, 2.05) is 0 Å². The van der Waals surface area contributed by atoms with Gasteiger partial charge in [-0.15, -0.1) is 4.28 Å². The van der Waals surface area contributed by atoms with Crippen LogP contribution in [0.2, 0.25) is 0 Å². The number of carbonyl (C=O) groups excluding carboxylic acids is 2. The SMILES string of the molecule is CCONC(=O)[C@@H]1CC[C@@H]2CN1C(=O)N2OS(=O)(=O)O.